The van der Waals surface area contributed by atoms with Gasteiger partial charge >= 0.3 is 12.4 Å². The number of aldehydes is 1. The van der Waals surface area contributed by atoms with Gasteiger partial charge in [-0.3, -0.25) is 9.36 Å². The highest BCUT2D eigenvalue weighted by molar-refractivity contribution is 5.70. The van der Waals surface area contributed by atoms with Crippen molar-refractivity contribution in [2.24, 2.45) is 0 Å². The fourth-order valence-corrected chi connectivity index (χ4v) is 1.63. The third-order valence-corrected chi connectivity index (χ3v) is 2.48. The first kappa shape index (κ1) is 15.0. The van der Waals surface area contributed by atoms with Gasteiger partial charge in [0.25, 0.3) is 0 Å². The summed E-state index contributed by atoms with van der Waals surface area (Å²) in [7, 11) is 0. The Morgan fingerprint density at radius 3 is 2.19 bits per heavy atom. The lowest BCUT2D eigenvalue weighted by Gasteiger charge is -2.12. The molecule has 21 heavy (non-hydrogen) atoms. The first-order valence-corrected chi connectivity index (χ1v) is 5.30. The minimum atomic E-state index is -4.97. The molecule has 0 aliphatic heterocycles. The van der Waals surface area contributed by atoms with Crippen LogP contribution in [0.25, 0.3) is 5.69 Å². The first-order valence-electron chi connectivity index (χ1n) is 5.30. The van der Waals surface area contributed by atoms with Gasteiger partial charge in [0.05, 0.1) is 5.56 Å². The van der Waals surface area contributed by atoms with Crippen LogP contribution in [-0.4, -0.2) is 21.1 Å². The minimum Gasteiger partial charge on any atom is -0.294 e. The zero-order chi connectivity index (χ0) is 15.8. The maximum atomic E-state index is 12.8. The van der Waals surface area contributed by atoms with Crippen molar-refractivity contribution in [1.82, 2.24) is 14.8 Å². The highest BCUT2D eigenvalue weighted by Gasteiger charge is 2.39. The number of carbonyl (C=O) groups excluding carboxylic acids is 1. The summed E-state index contributed by atoms with van der Waals surface area (Å²) in [6.45, 7) is 0. The van der Waals surface area contributed by atoms with Crippen molar-refractivity contribution in [1.29, 1.82) is 0 Å². The second kappa shape index (κ2) is 4.86. The molecule has 0 atom stereocenters. The SMILES string of the molecule is O=Cc1nnc(C(F)(F)F)n1-c1cccc(C(F)(F)F)c1. The third kappa shape index (κ3) is 2.88. The van der Waals surface area contributed by atoms with Crippen LogP contribution in [0.4, 0.5) is 26.3 Å². The number of hydrogen-bond donors (Lipinski definition) is 0. The van der Waals surface area contributed by atoms with E-state index in [2.05, 4.69) is 10.2 Å². The van der Waals surface area contributed by atoms with Crippen molar-refractivity contribution < 1.29 is 31.1 Å². The molecule has 0 N–H and O–H groups in total. The van der Waals surface area contributed by atoms with Gasteiger partial charge in [0.15, 0.2) is 6.29 Å². The summed E-state index contributed by atoms with van der Waals surface area (Å²) in [4.78, 5) is 10.7. The van der Waals surface area contributed by atoms with Gasteiger partial charge in [-0.25, -0.2) is 0 Å². The lowest BCUT2D eigenvalue weighted by atomic mass is 10.2. The molecular formula is C11H5F6N3O. The fraction of sp³-hybridized carbons (Fsp3) is 0.182. The Bertz CT molecular complexity index is 673. The van der Waals surface area contributed by atoms with E-state index in [1.807, 2.05) is 0 Å². The Kier molecular flexibility index (Phi) is 3.47. The Balaban J connectivity index is 2.67. The average molecular weight is 309 g/mol. The number of carbonyl (C=O) groups is 1. The number of alkyl halides is 6. The number of nitrogens with zero attached hydrogens (tertiary/aromatic N) is 3. The Morgan fingerprint density at radius 2 is 1.67 bits per heavy atom. The van der Waals surface area contributed by atoms with Crippen LogP contribution in [0, 0.1) is 0 Å². The first-order chi connectivity index (χ1) is 9.64. The van der Waals surface area contributed by atoms with Crippen LogP contribution in [0.3, 0.4) is 0 Å². The largest absolute Gasteiger partial charge is 0.452 e. The predicted molar refractivity (Wildman–Crippen MR) is 56.8 cm³/mol. The highest BCUT2D eigenvalue weighted by atomic mass is 19.4. The summed E-state index contributed by atoms with van der Waals surface area (Å²) < 4.78 is 76.3. The highest BCUT2D eigenvalue weighted by Crippen LogP contribution is 2.33. The Labute approximate surface area is 113 Å². The van der Waals surface area contributed by atoms with Crippen LogP contribution in [0.2, 0.25) is 0 Å². The van der Waals surface area contributed by atoms with E-state index in [4.69, 9.17) is 0 Å². The zero-order valence-electron chi connectivity index (χ0n) is 9.90. The molecular weight excluding hydrogens is 304 g/mol. The second-order valence-electron chi connectivity index (χ2n) is 3.88. The van der Waals surface area contributed by atoms with Crippen LogP contribution in [0.15, 0.2) is 24.3 Å². The summed E-state index contributed by atoms with van der Waals surface area (Å²) >= 11 is 0. The van der Waals surface area contributed by atoms with Crippen molar-refractivity contribution in [3.63, 3.8) is 0 Å². The predicted octanol–water partition coefficient (Wildman–Crippen LogP) is 3.12. The second-order valence-corrected chi connectivity index (χ2v) is 3.88. The average Bonchev–Trinajstić information content (AvgIpc) is 2.81. The third-order valence-electron chi connectivity index (χ3n) is 2.48. The van der Waals surface area contributed by atoms with E-state index in [0.29, 0.717) is 12.1 Å². The van der Waals surface area contributed by atoms with E-state index in [-0.39, 0.29) is 10.9 Å². The normalized spacial score (nSPS) is 12.5. The van der Waals surface area contributed by atoms with Gasteiger partial charge in [-0.1, -0.05) is 6.07 Å². The van der Waals surface area contributed by atoms with Crippen molar-refractivity contribution in [3.05, 3.63) is 41.5 Å². The van der Waals surface area contributed by atoms with E-state index in [9.17, 15) is 31.1 Å². The molecule has 1 heterocycles. The molecule has 4 nitrogen and oxygen atoms in total. The summed E-state index contributed by atoms with van der Waals surface area (Å²) in [5.74, 6) is -2.33. The lowest BCUT2D eigenvalue weighted by molar-refractivity contribution is -0.146. The van der Waals surface area contributed by atoms with Crippen LogP contribution in [0.1, 0.15) is 22.0 Å². The van der Waals surface area contributed by atoms with Gasteiger partial charge in [-0.15, -0.1) is 10.2 Å². The molecule has 1 aromatic carbocycles. The number of rotatable bonds is 2. The van der Waals surface area contributed by atoms with E-state index in [0.717, 1.165) is 12.1 Å². The maximum absolute atomic E-state index is 12.8. The minimum absolute atomic E-state index is 0.0253. The number of halogens is 6. The number of aromatic nitrogens is 3. The molecule has 2 aromatic rings. The van der Waals surface area contributed by atoms with Crippen LogP contribution in [-0.2, 0) is 12.4 Å². The standard InChI is InChI=1S/C11H5F6N3O/c12-10(13,14)6-2-1-3-7(4-6)20-8(5-21)18-19-9(20)11(15,16)17/h1-5H. The molecule has 112 valence electrons. The van der Waals surface area contributed by atoms with Crippen molar-refractivity contribution in [2.75, 3.05) is 0 Å². The van der Waals surface area contributed by atoms with Crippen molar-refractivity contribution >= 4 is 6.29 Å². The van der Waals surface area contributed by atoms with Gasteiger partial charge in [-0.2, -0.15) is 26.3 Å². The van der Waals surface area contributed by atoms with Gasteiger partial charge in [0.2, 0.25) is 11.6 Å². The molecule has 10 heteroatoms. The molecule has 2 rings (SSSR count). The van der Waals surface area contributed by atoms with Crippen molar-refractivity contribution in [3.8, 4) is 5.69 Å². The number of benzene rings is 1. The van der Waals surface area contributed by atoms with Gasteiger partial charge in [0.1, 0.15) is 0 Å². The molecule has 0 spiro atoms. The lowest BCUT2D eigenvalue weighted by Crippen LogP contribution is -2.16. The van der Waals surface area contributed by atoms with Crippen LogP contribution >= 0.6 is 0 Å². The van der Waals surface area contributed by atoms with Crippen LogP contribution in [0.5, 0.6) is 0 Å². The molecule has 0 saturated heterocycles. The molecule has 0 bridgehead atoms. The van der Waals surface area contributed by atoms with Gasteiger partial charge < -0.3 is 0 Å². The quantitative estimate of drug-likeness (QED) is 0.632. The van der Waals surface area contributed by atoms with E-state index < -0.39 is 35.3 Å². The molecule has 0 saturated carbocycles. The monoisotopic (exact) mass is 309 g/mol. The summed E-state index contributed by atoms with van der Waals surface area (Å²) in [5.41, 5.74) is -1.66. The van der Waals surface area contributed by atoms with Crippen molar-refractivity contribution in [2.45, 2.75) is 12.4 Å². The zero-order valence-corrected chi connectivity index (χ0v) is 9.90. The topological polar surface area (TPSA) is 47.8 Å². The fourth-order valence-electron chi connectivity index (χ4n) is 1.63. The maximum Gasteiger partial charge on any atom is 0.452 e. The van der Waals surface area contributed by atoms with Gasteiger partial charge in [-0.05, 0) is 18.2 Å². The van der Waals surface area contributed by atoms with Crippen LogP contribution < -0.4 is 0 Å². The summed E-state index contributed by atoms with van der Waals surface area (Å²) in [6, 6.07) is 3.08. The molecule has 0 unspecified atom stereocenters. The molecule has 0 aliphatic rings. The van der Waals surface area contributed by atoms with Gasteiger partial charge in [0, 0.05) is 5.69 Å². The van der Waals surface area contributed by atoms with E-state index >= 15 is 0 Å². The molecule has 0 amide bonds. The van der Waals surface area contributed by atoms with E-state index in [1.165, 1.54) is 0 Å². The van der Waals surface area contributed by atoms with E-state index in [1.54, 1.807) is 0 Å². The molecule has 1 aromatic heterocycles. The Hall–Kier alpha value is -2.39. The molecule has 0 aliphatic carbocycles. The summed E-state index contributed by atoms with van der Waals surface area (Å²) in [6.07, 6.45) is -9.73. The number of hydrogen-bond acceptors (Lipinski definition) is 3. The Morgan fingerprint density at radius 1 is 1.00 bits per heavy atom. The molecule has 0 fully saturated rings. The summed E-state index contributed by atoms with van der Waals surface area (Å²) in [5, 5.41) is 5.81. The molecule has 0 radical (unpaired) electrons. The smallest absolute Gasteiger partial charge is 0.294 e.